The molecule has 0 radical (unpaired) electrons. The molecule has 0 spiro atoms. The van der Waals surface area contributed by atoms with Gasteiger partial charge in [-0.25, -0.2) is 13.2 Å². The fourth-order valence-electron chi connectivity index (χ4n) is 4.25. The number of alkyl halides is 1. The molecule has 0 aromatic heterocycles. The van der Waals surface area contributed by atoms with Gasteiger partial charge in [-0.3, -0.25) is 0 Å². The van der Waals surface area contributed by atoms with Gasteiger partial charge in [0.2, 0.25) is 0 Å². The number of ether oxygens (including phenoxy) is 3. The van der Waals surface area contributed by atoms with Crippen LogP contribution in [0.5, 0.6) is 17.2 Å². The molecule has 0 bridgehead atoms. The highest BCUT2D eigenvalue weighted by atomic mass is 19.1. The molecule has 5 aromatic carbocycles. The Morgan fingerprint density at radius 2 is 0.900 bits per heavy atom. The molecule has 0 aliphatic carbocycles. The van der Waals surface area contributed by atoms with Crippen molar-refractivity contribution >= 4 is 0 Å². The van der Waals surface area contributed by atoms with Crippen molar-refractivity contribution in [1.29, 1.82) is 0 Å². The maximum absolute atomic E-state index is 14.8. The third-order valence-electron chi connectivity index (χ3n) is 6.33. The van der Waals surface area contributed by atoms with Gasteiger partial charge < -0.3 is 14.2 Å². The third-order valence-corrected chi connectivity index (χ3v) is 6.33. The van der Waals surface area contributed by atoms with E-state index in [4.69, 9.17) is 14.2 Å². The number of halogens is 3. The van der Waals surface area contributed by atoms with E-state index in [1.807, 2.05) is 91.0 Å². The van der Waals surface area contributed by atoms with Crippen LogP contribution in [0.15, 0.2) is 115 Å². The fraction of sp³-hybridized carbons (Fsp3) is 0.118. The number of hydrogen-bond donors (Lipinski definition) is 0. The molecule has 5 rings (SSSR count). The van der Waals surface area contributed by atoms with Crippen molar-refractivity contribution < 1.29 is 27.4 Å². The molecule has 5 aromatic rings. The molecule has 202 valence electrons. The molecule has 3 nitrogen and oxygen atoms in total. The fourth-order valence-corrected chi connectivity index (χ4v) is 4.25. The van der Waals surface area contributed by atoms with Crippen molar-refractivity contribution in [2.24, 2.45) is 0 Å². The van der Waals surface area contributed by atoms with Gasteiger partial charge >= 0.3 is 0 Å². The van der Waals surface area contributed by atoms with Crippen LogP contribution in [-0.2, 0) is 26.5 Å². The summed E-state index contributed by atoms with van der Waals surface area (Å²) in [6.07, 6.45) is 0. The number of hydrogen-bond acceptors (Lipinski definition) is 3. The first-order valence-corrected chi connectivity index (χ1v) is 12.8. The maximum Gasteiger partial charge on any atom is 0.135 e. The molecule has 0 fully saturated rings. The Balaban J connectivity index is 1.58. The number of benzene rings is 5. The minimum atomic E-state index is -1.25. The molecular formula is C34H27F3O3. The first-order chi connectivity index (χ1) is 19.6. The van der Waals surface area contributed by atoms with Gasteiger partial charge in [-0.15, -0.1) is 0 Å². The Hall–Kier alpha value is -4.71. The topological polar surface area (TPSA) is 27.7 Å². The summed E-state index contributed by atoms with van der Waals surface area (Å²) in [5.74, 6) is -0.886. The van der Waals surface area contributed by atoms with Crippen molar-refractivity contribution in [2.45, 2.75) is 26.5 Å². The van der Waals surface area contributed by atoms with Crippen LogP contribution in [0.4, 0.5) is 13.2 Å². The van der Waals surface area contributed by atoms with Gasteiger partial charge in [-0.05, 0) is 34.4 Å². The average molecular weight is 541 g/mol. The van der Waals surface area contributed by atoms with E-state index >= 15 is 0 Å². The van der Waals surface area contributed by atoms with Crippen LogP contribution in [-0.4, -0.2) is 0 Å². The monoisotopic (exact) mass is 540 g/mol. The molecule has 0 aliphatic rings. The quantitative estimate of drug-likeness (QED) is 0.168. The Morgan fingerprint density at radius 3 is 1.30 bits per heavy atom. The van der Waals surface area contributed by atoms with Gasteiger partial charge in [-0.2, -0.15) is 0 Å². The van der Waals surface area contributed by atoms with Gasteiger partial charge in [0.1, 0.15) is 55.4 Å². The minimum absolute atomic E-state index is 0.160. The molecule has 0 saturated carbocycles. The predicted octanol–water partition coefficient (Wildman–Crippen LogP) is 8.84. The van der Waals surface area contributed by atoms with Crippen molar-refractivity contribution in [3.63, 3.8) is 0 Å². The average Bonchev–Trinajstić information content (AvgIpc) is 2.99. The summed E-state index contributed by atoms with van der Waals surface area (Å²) >= 11 is 0. The van der Waals surface area contributed by atoms with Crippen LogP contribution in [0.3, 0.4) is 0 Å². The molecule has 0 N–H and O–H groups in total. The van der Waals surface area contributed by atoms with Crippen molar-refractivity contribution in [3.8, 4) is 28.4 Å². The van der Waals surface area contributed by atoms with E-state index < -0.39 is 23.9 Å². The van der Waals surface area contributed by atoms with Crippen LogP contribution < -0.4 is 14.2 Å². The van der Waals surface area contributed by atoms with Crippen LogP contribution in [0.1, 0.15) is 22.3 Å². The molecule has 0 aliphatic heterocycles. The van der Waals surface area contributed by atoms with Crippen LogP contribution in [0.25, 0.3) is 11.1 Å². The van der Waals surface area contributed by atoms with E-state index in [1.165, 1.54) is 0 Å². The largest absolute Gasteiger partial charge is 0.489 e. The van der Waals surface area contributed by atoms with E-state index in [9.17, 15) is 13.2 Å². The Kier molecular flexibility index (Phi) is 8.66. The summed E-state index contributed by atoms with van der Waals surface area (Å²) in [5, 5.41) is 0. The molecule has 6 heteroatoms. The highest BCUT2D eigenvalue weighted by Crippen LogP contribution is 2.44. The maximum atomic E-state index is 14.8. The van der Waals surface area contributed by atoms with Gasteiger partial charge in [0.05, 0.1) is 11.1 Å². The molecule has 40 heavy (non-hydrogen) atoms. The standard InChI is InChI=1S/C34H27F3O3/c35-20-29-30(36)16-27(17-31(29)37)34-32(39-22-25-12-6-2-7-13-25)18-28(38-21-24-10-4-1-5-11-24)19-33(34)40-23-26-14-8-3-9-15-26/h1-19H,20-23H2. The predicted molar refractivity (Wildman–Crippen MR) is 149 cm³/mol. The van der Waals surface area contributed by atoms with E-state index in [0.29, 0.717) is 29.4 Å². The summed E-state index contributed by atoms with van der Waals surface area (Å²) in [5.41, 5.74) is 2.65. The van der Waals surface area contributed by atoms with Gasteiger partial charge in [0.15, 0.2) is 0 Å². The zero-order valence-electron chi connectivity index (χ0n) is 21.7. The lowest BCUT2D eigenvalue weighted by atomic mass is 10.0. The van der Waals surface area contributed by atoms with Gasteiger partial charge in [-0.1, -0.05) is 91.0 Å². The van der Waals surface area contributed by atoms with Crippen molar-refractivity contribution in [3.05, 3.63) is 149 Å². The minimum Gasteiger partial charge on any atom is -0.489 e. The van der Waals surface area contributed by atoms with Gasteiger partial charge in [0.25, 0.3) is 0 Å². The summed E-state index contributed by atoms with van der Waals surface area (Å²) in [6.45, 7) is -0.562. The lowest BCUT2D eigenvalue weighted by Gasteiger charge is -2.20. The molecule has 0 heterocycles. The first kappa shape index (κ1) is 26.9. The van der Waals surface area contributed by atoms with E-state index in [0.717, 1.165) is 28.8 Å². The lowest BCUT2D eigenvalue weighted by Crippen LogP contribution is -2.04. The highest BCUT2D eigenvalue weighted by molar-refractivity contribution is 5.78. The first-order valence-electron chi connectivity index (χ1n) is 12.8. The van der Waals surface area contributed by atoms with Crippen LogP contribution in [0.2, 0.25) is 0 Å². The SMILES string of the molecule is FCc1c(F)cc(-c2c(OCc3ccccc3)cc(OCc3ccccc3)cc2OCc2ccccc2)cc1F. The summed E-state index contributed by atoms with van der Waals surface area (Å²) in [6, 6.07) is 34.3. The second kappa shape index (κ2) is 12.9. The van der Waals surface area contributed by atoms with E-state index in [1.54, 1.807) is 12.1 Å². The Labute approximate surface area is 231 Å². The Bertz CT molecular complexity index is 1450. The Morgan fingerprint density at radius 1 is 0.500 bits per heavy atom. The van der Waals surface area contributed by atoms with Crippen LogP contribution >= 0.6 is 0 Å². The second-order valence-electron chi connectivity index (χ2n) is 9.17. The van der Waals surface area contributed by atoms with Crippen molar-refractivity contribution in [2.75, 3.05) is 0 Å². The highest BCUT2D eigenvalue weighted by Gasteiger charge is 2.21. The molecule has 0 atom stereocenters. The third kappa shape index (κ3) is 6.64. The second-order valence-corrected chi connectivity index (χ2v) is 9.17. The number of rotatable bonds is 11. The molecule has 0 saturated heterocycles. The molecule has 0 amide bonds. The molecule has 0 unspecified atom stereocenters. The van der Waals surface area contributed by atoms with E-state index in [2.05, 4.69) is 0 Å². The van der Waals surface area contributed by atoms with Crippen LogP contribution in [0, 0.1) is 11.6 Å². The lowest BCUT2D eigenvalue weighted by molar-refractivity contribution is 0.276. The zero-order valence-corrected chi connectivity index (χ0v) is 21.7. The van der Waals surface area contributed by atoms with Gasteiger partial charge in [0, 0.05) is 12.1 Å². The van der Waals surface area contributed by atoms with E-state index in [-0.39, 0.29) is 18.8 Å². The summed E-state index contributed by atoms with van der Waals surface area (Å²) < 4.78 is 61.4. The zero-order chi connectivity index (χ0) is 27.7. The smallest absolute Gasteiger partial charge is 0.135 e. The molecular weight excluding hydrogens is 513 g/mol. The van der Waals surface area contributed by atoms with Crippen molar-refractivity contribution in [1.82, 2.24) is 0 Å². The summed E-state index contributed by atoms with van der Waals surface area (Å²) in [4.78, 5) is 0. The normalized spacial score (nSPS) is 10.8. The summed E-state index contributed by atoms with van der Waals surface area (Å²) in [7, 11) is 0.